The van der Waals surface area contributed by atoms with E-state index in [0.29, 0.717) is 24.4 Å². The van der Waals surface area contributed by atoms with Gasteiger partial charge in [-0.1, -0.05) is 225 Å². The lowest BCUT2D eigenvalue weighted by Gasteiger charge is -2.19. The van der Waals surface area contributed by atoms with Crippen LogP contribution in [0.5, 0.6) is 0 Å². The number of ketones is 2. The number of carbonyl (C=O) groups excluding carboxylic acids is 2. The fraction of sp³-hybridized carbons (Fsp3) is 0.915. The van der Waals surface area contributed by atoms with Gasteiger partial charge in [-0.25, -0.2) is 0 Å². The number of hydrogen-bond acceptors (Lipinski definition) is 3. The Balaban J connectivity index is 3.55. The molecule has 0 aliphatic rings. The Bertz CT molecular complexity index is 649. The molecule has 0 N–H and O–H groups in total. The zero-order valence-corrected chi connectivity index (χ0v) is 34.5. The number of nitrogens with zero attached hydrogens (tertiary/aromatic N) is 1. The quantitative estimate of drug-likeness (QED) is 0.0469. The third-order valence-corrected chi connectivity index (χ3v) is 10.9. The first-order valence-corrected chi connectivity index (χ1v) is 23.0. The van der Waals surface area contributed by atoms with Gasteiger partial charge in [0.15, 0.2) is 0 Å². The highest BCUT2D eigenvalue weighted by Gasteiger charge is 2.10. The van der Waals surface area contributed by atoms with Gasteiger partial charge >= 0.3 is 0 Å². The number of Topliss-reactive ketones (excluding diaryl/α,β-unsaturated/α-hetero) is 2. The third-order valence-electron chi connectivity index (χ3n) is 10.9. The summed E-state index contributed by atoms with van der Waals surface area (Å²) in [6, 6.07) is 0. The van der Waals surface area contributed by atoms with E-state index in [1.54, 1.807) is 0 Å². The molecule has 0 aliphatic heterocycles. The van der Waals surface area contributed by atoms with Gasteiger partial charge in [-0.15, -0.1) is 6.58 Å². The summed E-state index contributed by atoms with van der Waals surface area (Å²) in [6.07, 6.45) is 51.0. The first-order valence-electron chi connectivity index (χ1n) is 23.0. The molecule has 0 aliphatic carbocycles. The van der Waals surface area contributed by atoms with Crippen molar-refractivity contribution in [2.45, 2.75) is 258 Å². The molecule has 0 aromatic rings. The second-order valence-electron chi connectivity index (χ2n) is 16.0. The minimum Gasteiger partial charge on any atom is -0.300 e. The molecule has 3 heteroatoms. The Kier molecular flexibility index (Phi) is 41.6. The van der Waals surface area contributed by atoms with Crippen LogP contribution in [-0.4, -0.2) is 36.1 Å². The summed E-state index contributed by atoms with van der Waals surface area (Å²) in [4.78, 5) is 27.3. The number of carbonyl (C=O) groups is 2. The maximum absolute atomic E-state index is 12.5. The molecule has 0 heterocycles. The zero-order valence-electron chi connectivity index (χ0n) is 34.5. The van der Waals surface area contributed by atoms with Crippen molar-refractivity contribution in [3.05, 3.63) is 12.7 Å². The normalized spacial score (nSPS) is 11.5. The topological polar surface area (TPSA) is 37.4 Å². The molecule has 0 saturated heterocycles. The van der Waals surface area contributed by atoms with Gasteiger partial charge in [-0.3, -0.25) is 14.5 Å². The number of unbranched alkanes of at least 4 members (excludes halogenated alkanes) is 32. The Morgan fingerprint density at radius 2 is 0.580 bits per heavy atom. The Labute approximate surface area is 315 Å². The van der Waals surface area contributed by atoms with Crippen LogP contribution in [0, 0.1) is 0 Å². The van der Waals surface area contributed by atoms with Crippen molar-refractivity contribution in [3.8, 4) is 0 Å². The first kappa shape index (κ1) is 49.0. The molecule has 0 aromatic carbocycles. The average Bonchev–Trinajstić information content (AvgIpc) is 3.12. The SMILES string of the molecule is C=CCN(CCC(=O)CCCCCCCCCCCCCCCCCCC)CCC(=O)CCCCCCCCCCCCCCCCCCC. The molecule has 0 unspecified atom stereocenters. The lowest BCUT2D eigenvalue weighted by molar-refractivity contribution is -0.119. The van der Waals surface area contributed by atoms with Crippen LogP contribution >= 0.6 is 0 Å². The molecule has 0 amide bonds. The molecule has 296 valence electrons. The summed E-state index contributed by atoms with van der Waals surface area (Å²) in [6.45, 7) is 10.8. The summed E-state index contributed by atoms with van der Waals surface area (Å²) >= 11 is 0. The first-order chi connectivity index (χ1) is 24.6. The highest BCUT2D eigenvalue weighted by Crippen LogP contribution is 2.16. The molecule has 50 heavy (non-hydrogen) atoms. The summed E-state index contributed by atoms with van der Waals surface area (Å²) in [5, 5.41) is 0. The maximum Gasteiger partial charge on any atom is 0.134 e. The van der Waals surface area contributed by atoms with E-state index in [1.807, 2.05) is 6.08 Å². The second kappa shape index (κ2) is 42.5. The van der Waals surface area contributed by atoms with Crippen LogP contribution in [0.25, 0.3) is 0 Å². The largest absolute Gasteiger partial charge is 0.300 e. The van der Waals surface area contributed by atoms with Crippen molar-refractivity contribution < 1.29 is 9.59 Å². The molecule has 0 radical (unpaired) electrons. The van der Waals surface area contributed by atoms with Gasteiger partial charge in [0.2, 0.25) is 0 Å². The molecule has 0 bridgehead atoms. The van der Waals surface area contributed by atoms with E-state index >= 15 is 0 Å². The van der Waals surface area contributed by atoms with Crippen LogP contribution < -0.4 is 0 Å². The summed E-state index contributed by atoms with van der Waals surface area (Å²) in [5.41, 5.74) is 0. The molecule has 0 rings (SSSR count). The Hall–Kier alpha value is -0.960. The van der Waals surface area contributed by atoms with Crippen molar-refractivity contribution in [1.82, 2.24) is 4.90 Å². The minimum atomic E-state index is 0.384. The standard InChI is InChI=1S/C47H91NO2/c1-4-7-9-11-13-15-17-19-21-23-25-27-29-31-33-35-37-39-46(49)41-44-48(43-6-3)45-42-47(50)40-38-36-34-32-30-28-26-24-22-20-18-16-14-12-10-8-5-2/h6H,3-5,7-45H2,1-2H3. The van der Waals surface area contributed by atoms with Crippen LogP contribution in [0.3, 0.4) is 0 Å². The average molecular weight is 702 g/mol. The molecular weight excluding hydrogens is 611 g/mol. The van der Waals surface area contributed by atoms with E-state index < -0.39 is 0 Å². The van der Waals surface area contributed by atoms with Crippen molar-refractivity contribution in [2.24, 2.45) is 0 Å². The number of hydrogen-bond donors (Lipinski definition) is 0. The predicted molar refractivity (Wildman–Crippen MR) is 223 cm³/mol. The summed E-state index contributed by atoms with van der Waals surface area (Å²) < 4.78 is 0. The third kappa shape index (κ3) is 39.8. The maximum atomic E-state index is 12.5. The van der Waals surface area contributed by atoms with Gasteiger partial charge in [0.1, 0.15) is 11.6 Å². The lowest BCUT2D eigenvalue weighted by atomic mass is 10.0. The van der Waals surface area contributed by atoms with Gasteiger partial charge in [0.05, 0.1) is 0 Å². The van der Waals surface area contributed by atoms with Gasteiger partial charge in [-0.2, -0.15) is 0 Å². The lowest BCUT2D eigenvalue weighted by Crippen LogP contribution is -2.29. The Morgan fingerprint density at radius 3 is 0.800 bits per heavy atom. The molecule has 0 atom stereocenters. The van der Waals surface area contributed by atoms with Crippen molar-refractivity contribution in [1.29, 1.82) is 0 Å². The van der Waals surface area contributed by atoms with Crippen molar-refractivity contribution in [2.75, 3.05) is 19.6 Å². The molecule has 0 aromatic heterocycles. The fourth-order valence-electron chi connectivity index (χ4n) is 7.39. The van der Waals surface area contributed by atoms with Gasteiger partial charge in [0, 0.05) is 45.3 Å². The molecular formula is C47H91NO2. The van der Waals surface area contributed by atoms with E-state index in [-0.39, 0.29) is 0 Å². The van der Waals surface area contributed by atoms with Crippen LogP contribution in [0.2, 0.25) is 0 Å². The molecule has 3 nitrogen and oxygen atoms in total. The summed E-state index contributed by atoms with van der Waals surface area (Å²) in [7, 11) is 0. The van der Waals surface area contributed by atoms with E-state index in [9.17, 15) is 9.59 Å². The van der Waals surface area contributed by atoms with Crippen LogP contribution in [-0.2, 0) is 9.59 Å². The monoisotopic (exact) mass is 702 g/mol. The minimum absolute atomic E-state index is 0.384. The van der Waals surface area contributed by atoms with E-state index in [1.165, 1.54) is 205 Å². The van der Waals surface area contributed by atoms with E-state index in [2.05, 4.69) is 25.3 Å². The smallest absolute Gasteiger partial charge is 0.134 e. The zero-order chi connectivity index (χ0) is 36.4. The van der Waals surface area contributed by atoms with E-state index in [4.69, 9.17) is 0 Å². The van der Waals surface area contributed by atoms with Gasteiger partial charge in [0.25, 0.3) is 0 Å². The van der Waals surface area contributed by atoms with Crippen molar-refractivity contribution in [3.63, 3.8) is 0 Å². The van der Waals surface area contributed by atoms with Gasteiger partial charge < -0.3 is 0 Å². The molecule has 0 spiro atoms. The van der Waals surface area contributed by atoms with Crippen molar-refractivity contribution >= 4 is 11.6 Å². The summed E-state index contributed by atoms with van der Waals surface area (Å²) in [5.74, 6) is 0.768. The number of rotatable bonds is 44. The second-order valence-corrected chi connectivity index (χ2v) is 16.0. The fourth-order valence-corrected chi connectivity index (χ4v) is 7.39. The van der Waals surface area contributed by atoms with Crippen LogP contribution in [0.4, 0.5) is 0 Å². The molecule has 0 saturated carbocycles. The Morgan fingerprint density at radius 1 is 0.360 bits per heavy atom. The van der Waals surface area contributed by atoms with Crippen LogP contribution in [0.1, 0.15) is 258 Å². The van der Waals surface area contributed by atoms with E-state index in [0.717, 1.165) is 45.3 Å². The molecule has 0 fully saturated rings. The highest BCUT2D eigenvalue weighted by atomic mass is 16.1. The van der Waals surface area contributed by atoms with Crippen LogP contribution in [0.15, 0.2) is 12.7 Å². The predicted octanol–water partition coefficient (Wildman–Crippen LogP) is 15.5. The highest BCUT2D eigenvalue weighted by molar-refractivity contribution is 5.79. The van der Waals surface area contributed by atoms with Gasteiger partial charge in [-0.05, 0) is 12.8 Å².